The summed E-state index contributed by atoms with van der Waals surface area (Å²) in [5, 5.41) is 0. The van der Waals surface area contributed by atoms with Crippen LogP contribution in [0.4, 0.5) is 4.39 Å². The smallest absolute Gasteiger partial charge is 0.166 e. The second-order valence-electron chi connectivity index (χ2n) is 6.55. The molecule has 1 unspecified atom stereocenters. The third-order valence-electron chi connectivity index (χ3n) is 3.72. The zero-order valence-electron chi connectivity index (χ0n) is 10.9. The van der Waals surface area contributed by atoms with Gasteiger partial charge in [-0.3, -0.25) is 9.80 Å². The highest BCUT2D eigenvalue weighted by Crippen LogP contribution is 2.28. The first-order valence-corrected chi connectivity index (χ1v) is 6.58. The fraction of sp³-hybridized carbons (Fsp3) is 1.00. The molecule has 2 nitrogen and oxygen atoms in total. The van der Waals surface area contributed by atoms with Gasteiger partial charge in [0.2, 0.25) is 0 Å². The van der Waals surface area contributed by atoms with Gasteiger partial charge in [-0.1, -0.05) is 27.2 Å². The Hall–Kier alpha value is -0.150. The average Bonchev–Trinajstić information content (AvgIpc) is 2.04. The van der Waals surface area contributed by atoms with Crippen LogP contribution in [-0.4, -0.2) is 48.3 Å². The lowest BCUT2D eigenvalue weighted by molar-refractivity contribution is -0.0431. The van der Waals surface area contributed by atoms with Crippen LogP contribution in [0, 0.1) is 5.41 Å². The molecule has 1 saturated carbocycles. The molecule has 94 valence electrons. The average molecular weight is 228 g/mol. The molecule has 1 atom stereocenters. The van der Waals surface area contributed by atoms with E-state index in [2.05, 4.69) is 25.7 Å². The third-order valence-corrected chi connectivity index (χ3v) is 3.72. The van der Waals surface area contributed by atoms with E-state index in [1.54, 1.807) is 0 Å². The SMILES string of the molecule is CC(C)(C)CN1CCN(C2CCC2)CC1F. The lowest BCUT2D eigenvalue weighted by Gasteiger charge is -2.45. The number of hydrogen-bond donors (Lipinski definition) is 0. The molecule has 0 radical (unpaired) electrons. The first kappa shape index (κ1) is 12.3. The van der Waals surface area contributed by atoms with Gasteiger partial charge in [-0.25, -0.2) is 4.39 Å². The second kappa shape index (κ2) is 4.61. The van der Waals surface area contributed by atoms with E-state index in [0.717, 1.165) is 19.6 Å². The summed E-state index contributed by atoms with van der Waals surface area (Å²) in [6, 6.07) is 0.690. The molecule has 0 amide bonds. The van der Waals surface area contributed by atoms with Crippen molar-refractivity contribution in [2.45, 2.75) is 52.4 Å². The number of hydrogen-bond acceptors (Lipinski definition) is 2. The topological polar surface area (TPSA) is 6.48 Å². The van der Waals surface area contributed by atoms with Crippen LogP contribution in [0.15, 0.2) is 0 Å². The molecule has 3 heteroatoms. The minimum atomic E-state index is -0.756. The summed E-state index contributed by atoms with van der Waals surface area (Å²) in [6.45, 7) is 9.98. The van der Waals surface area contributed by atoms with Crippen molar-refractivity contribution in [2.24, 2.45) is 5.41 Å². The van der Waals surface area contributed by atoms with E-state index in [4.69, 9.17) is 0 Å². The monoisotopic (exact) mass is 228 g/mol. The van der Waals surface area contributed by atoms with Gasteiger partial charge in [-0.2, -0.15) is 0 Å². The van der Waals surface area contributed by atoms with E-state index in [-0.39, 0.29) is 5.41 Å². The van der Waals surface area contributed by atoms with Gasteiger partial charge in [0, 0.05) is 32.2 Å². The van der Waals surface area contributed by atoms with Gasteiger partial charge in [-0.15, -0.1) is 0 Å². The number of rotatable bonds is 2. The lowest BCUT2D eigenvalue weighted by Crippen LogP contribution is -2.56. The molecule has 0 aromatic heterocycles. The maximum absolute atomic E-state index is 14.0. The lowest BCUT2D eigenvalue weighted by atomic mass is 9.90. The Balaban J connectivity index is 1.82. The van der Waals surface area contributed by atoms with Crippen LogP contribution < -0.4 is 0 Å². The van der Waals surface area contributed by atoms with Crippen LogP contribution >= 0.6 is 0 Å². The fourth-order valence-corrected chi connectivity index (χ4v) is 2.67. The minimum absolute atomic E-state index is 0.197. The summed E-state index contributed by atoms with van der Waals surface area (Å²) in [5.74, 6) is 0. The highest BCUT2D eigenvalue weighted by atomic mass is 19.1. The Labute approximate surface area is 98.8 Å². The third kappa shape index (κ3) is 2.95. The predicted octanol–water partition coefficient (Wildman–Crippen LogP) is 2.50. The summed E-state index contributed by atoms with van der Waals surface area (Å²) in [7, 11) is 0. The summed E-state index contributed by atoms with van der Waals surface area (Å²) >= 11 is 0. The first-order valence-electron chi connectivity index (χ1n) is 6.58. The normalized spacial score (nSPS) is 30.4. The molecular formula is C13H25FN2. The molecule has 0 N–H and O–H groups in total. The van der Waals surface area contributed by atoms with Crippen LogP contribution in [0.25, 0.3) is 0 Å². The van der Waals surface area contributed by atoms with Crippen LogP contribution in [0.1, 0.15) is 40.0 Å². The zero-order chi connectivity index (χ0) is 11.8. The molecule has 0 spiro atoms. The Bertz CT molecular complexity index is 233. The van der Waals surface area contributed by atoms with E-state index >= 15 is 0 Å². The standard InChI is InChI=1S/C13H25FN2/c1-13(2,3)10-16-8-7-15(9-12(16)14)11-5-4-6-11/h11-12H,4-10H2,1-3H3. The Morgan fingerprint density at radius 2 is 1.88 bits per heavy atom. The molecule has 1 saturated heterocycles. The Morgan fingerprint density at radius 3 is 2.31 bits per heavy atom. The molecule has 2 rings (SSSR count). The van der Waals surface area contributed by atoms with Crippen molar-refractivity contribution in [3.63, 3.8) is 0 Å². The van der Waals surface area contributed by atoms with E-state index in [1.165, 1.54) is 19.3 Å². The maximum Gasteiger partial charge on any atom is 0.166 e. The number of nitrogens with zero attached hydrogens (tertiary/aromatic N) is 2. The number of piperazine rings is 1. The molecule has 0 bridgehead atoms. The summed E-state index contributed by atoms with van der Waals surface area (Å²) < 4.78 is 14.0. The number of halogens is 1. The molecular weight excluding hydrogens is 203 g/mol. The summed E-state index contributed by atoms with van der Waals surface area (Å²) in [6.07, 6.45) is 3.15. The van der Waals surface area contributed by atoms with Gasteiger partial charge < -0.3 is 0 Å². The second-order valence-corrected chi connectivity index (χ2v) is 6.55. The summed E-state index contributed by atoms with van der Waals surface area (Å²) in [5.41, 5.74) is 0.197. The molecule has 1 aliphatic carbocycles. The van der Waals surface area contributed by atoms with Gasteiger partial charge in [-0.05, 0) is 18.3 Å². The molecule has 1 aliphatic heterocycles. The Morgan fingerprint density at radius 1 is 1.19 bits per heavy atom. The summed E-state index contributed by atoms with van der Waals surface area (Å²) in [4.78, 5) is 4.36. The predicted molar refractivity (Wildman–Crippen MR) is 65.1 cm³/mol. The van der Waals surface area contributed by atoms with Crippen LogP contribution in [-0.2, 0) is 0 Å². The van der Waals surface area contributed by atoms with E-state index in [9.17, 15) is 4.39 Å². The molecule has 0 aromatic carbocycles. The van der Waals surface area contributed by atoms with Crippen molar-refractivity contribution in [2.75, 3.05) is 26.2 Å². The van der Waals surface area contributed by atoms with Crippen molar-refractivity contribution in [1.29, 1.82) is 0 Å². The van der Waals surface area contributed by atoms with Gasteiger partial charge in [0.1, 0.15) is 0 Å². The Kier molecular flexibility index (Phi) is 3.55. The van der Waals surface area contributed by atoms with Crippen molar-refractivity contribution < 1.29 is 4.39 Å². The van der Waals surface area contributed by atoms with Crippen LogP contribution in [0.3, 0.4) is 0 Å². The quantitative estimate of drug-likeness (QED) is 0.670. The van der Waals surface area contributed by atoms with Gasteiger partial charge >= 0.3 is 0 Å². The van der Waals surface area contributed by atoms with Gasteiger partial charge in [0.25, 0.3) is 0 Å². The number of alkyl halides is 1. The van der Waals surface area contributed by atoms with E-state index in [1.807, 2.05) is 4.90 Å². The van der Waals surface area contributed by atoms with Gasteiger partial charge in [0.05, 0.1) is 0 Å². The molecule has 0 aromatic rings. The molecule has 1 heterocycles. The van der Waals surface area contributed by atoms with E-state index in [0.29, 0.717) is 12.6 Å². The first-order chi connectivity index (χ1) is 7.46. The maximum atomic E-state index is 14.0. The minimum Gasteiger partial charge on any atom is -0.295 e. The van der Waals surface area contributed by atoms with Crippen molar-refractivity contribution in [3.05, 3.63) is 0 Å². The fourth-order valence-electron chi connectivity index (χ4n) is 2.67. The highest BCUT2D eigenvalue weighted by Gasteiger charge is 2.34. The molecule has 2 fully saturated rings. The molecule has 2 aliphatic rings. The van der Waals surface area contributed by atoms with Crippen molar-refractivity contribution in [1.82, 2.24) is 9.80 Å². The molecule has 16 heavy (non-hydrogen) atoms. The van der Waals surface area contributed by atoms with Gasteiger partial charge in [0.15, 0.2) is 6.30 Å². The van der Waals surface area contributed by atoms with E-state index < -0.39 is 6.30 Å². The van der Waals surface area contributed by atoms with Crippen molar-refractivity contribution >= 4 is 0 Å². The zero-order valence-corrected chi connectivity index (χ0v) is 10.9. The highest BCUT2D eigenvalue weighted by molar-refractivity contribution is 4.86. The van der Waals surface area contributed by atoms with Crippen molar-refractivity contribution in [3.8, 4) is 0 Å². The van der Waals surface area contributed by atoms with Crippen LogP contribution in [0.2, 0.25) is 0 Å². The largest absolute Gasteiger partial charge is 0.295 e. The van der Waals surface area contributed by atoms with Crippen LogP contribution in [0.5, 0.6) is 0 Å².